The van der Waals surface area contributed by atoms with Gasteiger partial charge in [-0.25, -0.2) is 17.8 Å². The lowest BCUT2D eigenvalue weighted by Gasteiger charge is -2.20. The van der Waals surface area contributed by atoms with E-state index in [2.05, 4.69) is 10.3 Å². The van der Waals surface area contributed by atoms with Crippen LogP contribution in [-0.4, -0.2) is 33.0 Å². The fraction of sp³-hybridized carbons (Fsp3) is 0.130. The number of anilines is 2. The number of fused-ring (bicyclic) bond motifs is 1. The van der Waals surface area contributed by atoms with Crippen molar-refractivity contribution in [3.63, 3.8) is 0 Å². The van der Waals surface area contributed by atoms with Gasteiger partial charge in [-0.05, 0) is 61.5 Å². The summed E-state index contributed by atoms with van der Waals surface area (Å²) in [5, 5.41) is 2.98. The number of ether oxygens (including phenoxy) is 1. The summed E-state index contributed by atoms with van der Waals surface area (Å²) in [6.45, 7) is 1.63. The summed E-state index contributed by atoms with van der Waals surface area (Å²) < 4.78 is 46.2. The SMILES string of the molecule is Cc1ccc(S(=O)(=O)N(C)c2ccc(OCC(=O)Nc3nc4ccc(F)cc4s3)cc2)cc1. The van der Waals surface area contributed by atoms with E-state index in [4.69, 9.17) is 4.74 Å². The number of hydrogen-bond acceptors (Lipinski definition) is 6. The fourth-order valence-electron chi connectivity index (χ4n) is 3.02. The Balaban J connectivity index is 1.36. The van der Waals surface area contributed by atoms with Gasteiger partial charge in [-0.15, -0.1) is 0 Å². The summed E-state index contributed by atoms with van der Waals surface area (Å²) in [4.78, 5) is 16.6. The van der Waals surface area contributed by atoms with Gasteiger partial charge in [0, 0.05) is 7.05 Å². The molecule has 4 aromatic rings. The summed E-state index contributed by atoms with van der Waals surface area (Å²) in [6.07, 6.45) is 0. The van der Waals surface area contributed by atoms with Gasteiger partial charge in [0.25, 0.3) is 15.9 Å². The summed E-state index contributed by atoms with van der Waals surface area (Å²) in [5.74, 6) is -0.382. The van der Waals surface area contributed by atoms with Crippen molar-refractivity contribution < 1.29 is 22.3 Å². The lowest BCUT2D eigenvalue weighted by atomic mass is 10.2. The van der Waals surface area contributed by atoms with Crippen molar-refractivity contribution in [2.45, 2.75) is 11.8 Å². The molecule has 0 saturated heterocycles. The van der Waals surface area contributed by atoms with E-state index in [0.717, 1.165) is 5.56 Å². The smallest absolute Gasteiger partial charge is 0.264 e. The zero-order valence-electron chi connectivity index (χ0n) is 17.8. The van der Waals surface area contributed by atoms with Gasteiger partial charge in [0.15, 0.2) is 11.7 Å². The third-order valence-electron chi connectivity index (χ3n) is 4.85. The predicted molar refractivity (Wildman–Crippen MR) is 127 cm³/mol. The Kier molecular flexibility index (Phi) is 6.30. The number of benzene rings is 3. The predicted octanol–water partition coefficient (Wildman–Crippen LogP) is 4.59. The number of carbonyl (C=O) groups excluding carboxylic acids is 1. The van der Waals surface area contributed by atoms with Crippen molar-refractivity contribution in [3.8, 4) is 5.75 Å². The molecule has 0 aliphatic carbocycles. The maximum Gasteiger partial charge on any atom is 0.264 e. The molecule has 3 aromatic carbocycles. The second-order valence-electron chi connectivity index (χ2n) is 7.25. The van der Waals surface area contributed by atoms with E-state index in [-0.39, 0.29) is 17.3 Å². The van der Waals surface area contributed by atoms with Gasteiger partial charge in [0.1, 0.15) is 11.6 Å². The van der Waals surface area contributed by atoms with E-state index >= 15 is 0 Å². The maximum atomic E-state index is 13.3. The maximum absolute atomic E-state index is 13.3. The van der Waals surface area contributed by atoms with Crippen LogP contribution in [0.15, 0.2) is 71.6 Å². The van der Waals surface area contributed by atoms with Gasteiger partial charge in [-0.2, -0.15) is 0 Å². The van der Waals surface area contributed by atoms with E-state index < -0.39 is 15.9 Å². The number of thiazole rings is 1. The number of hydrogen-bond donors (Lipinski definition) is 1. The Morgan fingerprint density at radius 2 is 1.79 bits per heavy atom. The van der Waals surface area contributed by atoms with E-state index in [1.807, 2.05) is 6.92 Å². The summed E-state index contributed by atoms with van der Waals surface area (Å²) in [6, 6.07) is 17.2. The number of amides is 1. The van der Waals surface area contributed by atoms with Gasteiger partial charge < -0.3 is 4.74 Å². The van der Waals surface area contributed by atoms with Crippen molar-refractivity contribution in [1.82, 2.24) is 4.98 Å². The lowest BCUT2D eigenvalue weighted by Crippen LogP contribution is -2.26. The van der Waals surface area contributed by atoms with Crippen LogP contribution in [0.5, 0.6) is 5.75 Å². The number of aromatic nitrogens is 1. The number of nitrogens with one attached hydrogen (secondary N) is 1. The topological polar surface area (TPSA) is 88.6 Å². The molecule has 0 aliphatic rings. The summed E-state index contributed by atoms with van der Waals surface area (Å²) in [7, 11) is -2.22. The molecule has 0 saturated carbocycles. The number of rotatable bonds is 7. The molecular formula is C23H20FN3O4S2. The van der Waals surface area contributed by atoms with Gasteiger partial charge in [0.05, 0.1) is 20.8 Å². The van der Waals surface area contributed by atoms with Crippen LogP contribution >= 0.6 is 11.3 Å². The van der Waals surface area contributed by atoms with Crippen molar-refractivity contribution in [3.05, 3.63) is 78.1 Å². The largest absolute Gasteiger partial charge is 0.484 e. The first-order valence-corrected chi connectivity index (χ1v) is 12.1. The Morgan fingerprint density at radius 3 is 2.48 bits per heavy atom. The molecule has 7 nitrogen and oxygen atoms in total. The van der Waals surface area contributed by atoms with Crippen LogP contribution in [0.2, 0.25) is 0 Å². The van der Waals surface area contributed by atoms with Crippen LogP contribution < -0.4 is 14.4 Å². The number of carbonyl (C=O) groups is 1. The Hall–Kier alpha value is -3.50. The highest BCUT2D eigenvalue weighted by Gasteiger charge is 2.21. The quantitative estimate of drug-likeness (QED) is 0.414. The first-order chi connectivity index (χ1) is 15.7. The average Bonchev–Trinajstić information content (AvgIpc) is 3.19. The van der Waals surface area contributed by atoms with Crippen molar-refractivity contribution >= 4 is 48.3 Å². The van der Waals surface area contributed by atoms with Crippen LogP contribution in [0.3, 0.4) is 0 Å². The van der Waals surface area contributed by atoms with Crippen LogP contribution in [-0.2, 0) is 14.8 Å². The minimum absolute atomic E-state index is 0.199. The molecule has 0 radical (unpaired) electrons. The average molecular weight is 486 g/mol. The van der Waals surface area contributed by atoms with Crippen molar-refractivity contribution in [2.75, 3.05) is 23.3 Å². The zero-order valence-corrected chi connectivity index (χ0v) is 19.4. The monoisotopic (exact) mass is 485 g/mol. The lowest BCUT2D eigenvalue weighted by molar-refractivity contribution is -0.118. The molecule has 0 unspecified atom stereocenters. The number of halogens is 1. The van der Waals surface area contributed by atoms with Gasteiger partial charge >= 0.3 is 0 Å². The highest BCUT2D eigenvalue weighted by Crippen LogP contribution is 2.27. The van der Waals surface area contributed by atoms with Crippen molar-refractivity contribution in [1.29, 1.82) is 0 Å². The van der Waals surface area contributed by atoms with Gasteiger partial charge in [0.2, 0.25) is 0 Å². The molecule has 1 amide bonds. The molecule has 33 heavy (non-hydrogen) atoms. The van der Waals surface area contributed by atoms with Crippen LogP contribution in [0, 0.1) is 12.7 Å². The zero-order chi connectivity index (χ0) is 23.6. The molecule has 1 heterocycles. The van der Waals surface area contributed by atoms with Crippen LogP contribution in [0.1, 0.15) is 5.56 Å². The van der Waals surface area contributed by atoms with E-state index in [1.54, 1.807) is 54.6 Å². The molecule has 0 spiro atoms. The van der Waals surface area contributed by atoms with Crippen LogP contribution in [0.4, 0.5) is 15.2 Å². The van der Waals surface area contributed by atoms with Crippen LogP contribution in [0.25, 0.3) is 10.2 Å². The molecule has 0 atom stereocenters. The molecule has 4 rings (SSSR count). The Bertz CT molecular complexity index is 1400. The summed E-state index contributed by atoms with van der Waals surface area (Å²) >= 11 is 1.17. The Labute approximate surface area is 194 Å². The van der Waals surface area contributed by atoms with Crippen molar-refractivity contribution in [2.24, 2.45) is 0 Å². The van der Waals surface area contributed by atoms with E-state index in [0.29, 0.717) is 26.8 Å². The Morgan fingerprint density at radius 1 is 1.09 bits per heavy atom. The molecule has 0 fully saturated rings. The van der Waals surface area contributed by atoms with E-state index in [9.17, 15) is 17.6 Å². The molecule has 0 aliphatic heterocycles. The number of aryl methyl sites for hydroxylation is 1. The van der Waals surface area contributed by atoms with E-state index in [1.165, 1.54) is 34.8 Å². The summed E-state index contributed by atoms with van der Waals surface area (Å²) in [5.41, 5.74) is 2.02. The second kappa shape index (κ2) is 9.16. The standard InChI is InChI=1S/C23H20FN3O4S2/c1-15-3-10-19(11-4-15)33(29,30)27(2)17-6-8-18(9-7-17)31-14-22(28)26-23-25-20-12-5-16(24)13-21(20)32-23/h3-13H,14H2,1-2H3,(H,25,26,28). The molecule has 10 heteroatoms. The second-order valence-corrected chi connectivity index (χ2v) is 10.2. The first kappa shape index (κ1) is 22.7. The molecular weight excluding hydrogens is 465 g/mol. The third kappa shape index (κ3) is 5.12. The minimum Gasteiger partial charge on any atom is -0.484 e. The number of nitrogens with zero attached hydrogens (tertiary/aromatic N) is 2. The van der Waals surface area contributed by atoms with Gasteiger partial charge in [-0.3, -0.25) is 14.4 Å². The third-order valence-corrected chi connectivity index (χ3v) is 7.58. The number of sulfonamides is 1. The normalized spacial score (nSPS) is 11.4. The fourth-order valence-corrected chi connectivity index (χ4v) is 5.12. The van der Waals surface area contributed by atoms with Gasteiger partial charge in [-0.1, -0.05) is 29.0 Å². The molecule has 1 aromatic heterocycles. The highest BCUT2D eigenvalue weighted by molar-refractivity contribution is 7.92. The molecule has 0 bridgehead atoms. The molecule has 1 N–H and O–H groups in total. The first-order valence-electron chi connectivity index (χ1n) is 9.87. The highest BCUT2D eigenvalue weighted by atomic mass is 32.2. The molecule has 170 valence electrons. The minimum atomic E-state index is -3.70.